The molecule has 42 heavy (non-hydrogen) atoms. The van der Waals surface area contributed by atoms with Crippen molar-refractivity contribution in [2.24, 2.45) is 0 Å². The van der Waals surface area contributed by atoms with Gasteiger partial charge in [0.25, 0.3) is 0 Å². The smallest absolute Gasteiger partial charge is 0.247 e. The van der Waals surface area contributed by atoms with Crippen LogP contribution < -0.4 is 14.8 Å². The molecule has 10 nitrogen and oxygen atoms in total. The Morgan fingerprint density at radius 1 is 1.17 bits per heavy atom. The van der Waals surface area contributed by atoms with Crippen molar-refractivity contribution in [3.63, 3.8) is 0 Å². The van der Waals surface area contributed by atoms with Crippen LogP contribution in [-0.2, 0) is 20.9 Å². The Morgan fingerprint density at radius 2 is 1.88 bits per heavy atom. The van der Waals surface area contributed by atoms with Crippen molar-refractivity contribution < 1.29 is 38.9 Å². The summed E-state index contributed by atoms with van der Waals surface area (Å²) >= 11 is 2.00. The van der Waals surface area contributed by atoms with Crippen molar-refractivity contribution in [2.75, 3.05) is 20.3 Å². The number of nitrogens with one attached hydrogen (secondary N) is 1. The number of aryl methyl sites for hydroxylation is 1. The van der Waals surface area contributed by atoms with Crippen LogP contribution in [0, 0.1) is 10.5 Å². The molecule has 0 fully saturated rings. The molecule has 0 bridgehead atoms. The number of hydrogen-bond donors (Lipinski definition) is 3. The van der Waals surface area contributed by atoms with Crippen LogP contribution in [0.1, 0.15) is 54.1 Å². The van der Waals surface area contributed by atoms with E-state index in [1.807, 2.05) is 53.8 Å². The summed E-state index contributed by atoms with van der Waals surface area (Å²) in [4.78, 5) is 51.2. The Hall–Kier alpha value is -3.29. The van der Waals surface area contributed by atoms with Crippen LogP contribution in [0.4, 0.5) is 0 Å². The lowest BCUT2D eigenvalue weighted by atomic mass is 9.87. The highest BCUT2D eigenvalue weighted by molar-refractivity contribution is 14.1. The lowest BCUT2D eigenvalue weighted by Crippen LogP contribution is -2.54. The maximum absolute atomic E-state index is 13.6. The van der Waals surface area contributed by atoms with Crippen molar-refractivity contribution in [3.8, 4) is 11.5 Å². The topological polar surface area (TPSA) is 142 Å². The van der Waals surface area contributed by atoms with Gasteiger partial charge in [-0.05, 0) is 66.6 Å². The van der Waals surface area contributed by atoms with Gasteiger partial charge in [-0.15, -0.1) is 0 Å². The number of carbonyl (C=O) groups excluding carboxylic acids is 4. The molecule has 0 spiro atoms. The first kappa shape index (κ1) is 33.2. The highest BCUT2D eigenvalue weighted by Gasteiger charge is 2.41. The summed E-state index contributed by atoms with van der Waals surface area (Å²) in [6.07, 6.45) is 0.648. The number of ether oxygens (including phenoxy) is 2. The summed E-state index contributed by atoms with van der Waals surface area (Å²) in [6.45, 7) is 3.39. The van der Waals surface area contributed by atoms with Crippen LogP contribution in [0.15, 0.2) is 48.0 Å². The fraction of sp³-hybridized carbons (Fsp3) is 0.419. The highest BCUT2D eigenvalue weighted by Crippen LogP contribution is 2.37. The SMILES string of the molecule is COc1cc(C=O)cc(I)c1O[C@H]1C=C(C(=O)NCCO)C[C@@H](N(Cc2ccc(C)cc2)C(=O)CCCC(C)=O)[C@@H]1O. The molecule has 3 rings (SSSR count). The minimum absolute atomic E-state index is 0.0195. The van der Waals surface area contributed by atoms with E-state index in [4.69, 9.17) is 9.47 Å². The van der Waals surface area contributed by atoms with E-state index < -0.39 is 24.2 Å². The highest BCUT2D eigenvalue weighted by atomic mass is 127. The van der Waals surface area contributed by atoms with Gasteiger partial charge in [0.15, 0.2) is 11.5 Å². The number of aldehydes is 1. The van der Waals surface area contributed by atoms with Crippen LogP contribution in [0.5, 0.6) is 11.5 Å². The Morgan fingerprint density at radius 3 is 2.50 bits per heavy atom. The summed E-state index contributed by atoms with van der Waals surface area (Å²) in [5.74, 6) is -0.188. The minimum atomic E-state index is -1.24. The first-order valence-electron chi connectivity index (χ1n) is 13.7. The summed E-state index contributed by atoms with van der Waals surface area (Å²) in [7, 11) is 1.43. The molecule has 0 aliphatic heterocycles. The van der Waals surface area contributed by atoms with Gasteiger partial charge < -0.3 is 34.7 Å². The van der Waals surface area contributed by atoms with Gasteiger partial charge in [-0.3, -0.25) is 14.4 Å². The molecule has 1 aliphatic rings. The molecule has 1 aliphatic carbocycles. The first-order valence-corrected chi connectivity index (χ1v) is 14.8. The maximum Gasteiger partial charge on any atom is 0.247 e. The van der Waals surface area contributed by atoms with Crippen LogP contribution >= 0.6 is 22.6 Å². The number of carbonyl (C=O) groups is 4. The second kappa shape index (κ2) is 15.8. The zero-order valence-corrected chi connectivity index (χ0v) is 26.1. The van der Waals surface area contributed by atoms with E-state index in [-0.39, 0.29) is 67.7 Å². The molecule has 0 aromatic heterocycles. The zero-order chi connectivity index (χ0) is 30.8. The van der Waals surface area contributed by atoms with Gasteiger partial charge in [0, 0.05) is 43.5 Å². The van der Waals surface area contributed by atoms with E-state index in [1.165, 1.54) is 26.2 Å². The van der Waals surface area contributed by atoms with Gasteiger partial charge in [0.05, 0.1) is 23.3 Å². The molecule has 0 heterocycles. The standard InChI is InChI=1S/C31H37IN2O8/c1-19-7-9-21(10-8-19)17-34(28(38)6-4-5-20(2)37)25-15-23(31(40)33-11-12-35)16-26(29(25)39)42-30-24(32)13-22(18-36)14-27(30)41-3/h7-10,13-14,16,18,25-26,29,35,39H,4-6,11-12,15,17H2,1-3H3,(H,33,40)/t25-,26+,29+/m1/s1. The Bertz CT molecular complexity index is 1310. The predicted molar refractivity (Wildman–Crippen MR) is 164 cm³/mol. The third-order valence-corrected chi connectivity index (χ3v) is 7.77. The largest absolute Gasteiger partial charge is 0.493 e. The predicted octanol–water partition coefficient (Wildman–Crippen LogP) is 3.12. The van der Waals surface area contributed by atoms with Gasteiger partial charge in [0.1, 0.15) is 24.3 Å². The van der Waals surface area contributed by atoms with Crippen molar-refractivity contribution in [1.29, 1.82) is 0 Å². The molecule has 226 valence electrons. The van der Waals surface area contributed by atoms with Gasteiger partial charge in [-0.1, -0.05) is 29.8 Å². The number of benzene rings is 2. The average Bonchev–Trinajstić information content (AvgIpc) is 2.97. The number of amides is 2. The summed E-state index contributed by atoms with van der Waals surface area (Å²) in [5, 5.41) is 23.6. The molecule has 0 saturated heterocycles. The molecule has 3 atom stereocenters. The summed E-state index contributed by atoms with van der Waals surface area (Å²) in [6, 6.07) is 9.95. The molecule has 0 radical (unpaired) electrons. The Labute approximate surface area is 259 Å². The number of aliphatic hydroxyl groups excluding tert-OH is 2. The number of methoxy groups -OCH3 is 1. The number of nitrogens with zero attached hydrogens (tertiary/aromatic N) is 1. The number of hydrogen-bond acceptors (Lipinski definition) is 8. The summed E-state index contributed by atoms with van der Waals surface area (Å²) in [5.41, 5.74) is 2.56. The number of ketones is 1. The lowest BCUT2D eigenvalue weighted by Gasteiger charge is -2.41. The zero-order valence-electron chi connectivity index (χ0n) is 24.0. The van der Waals surface area contributed by atoms with Gasteiger partial charge in [-0.2, -0.15) is 0 Å². The molecule has 2 aromatic rings. The van der Waals surface area contributed by atoms with Crippen molar-refractivity contribution in [2.45, 2.75) is 64.3 Å². The monoisotopic (exact) mass is 692 g/mol. The van der Waals surface area contributed by atoms with E-state index >= 15 is 0 Å². The normalized spacial score (nSPS) is 18.0. The van der Waals surface area contributed by atoms with Crippen molar-refractivity contribution >= 4 is 46.5 Å². The number of Topliss-reactive ketones (excluding diaryl/α,β-unsaturated/α-hetero) is 1. The average molecular weight is 693 g/mol. The Kier molecular flexibility index (Phi) is 12.5. The van der Waals surface area contributed by atoms with Crippen LogP contribution in [-0.4, -0.2) is 77.5 Å². The molecule has 0 unspecified atom stereocenters. The van der Waals surface area contributed by atoms with E-state index in [1.54, 1.807) is 11.0 Å². The maximum atomic E-state index is 13.6. The molecular weight excluding hydrogens is 655 g/mol. The third kappa shape index (κ3) is 8.85. The molecule has 2 aromatic carbocycles. The number of rotatable bonds is 14. The molecular formula is C31H37IN2O8. The van der Waals surface area contributed by atoms with Crippen LogP contribution in [0.3, 0.4) is 0 Å². The van der Waals surface area contributed by atoms with E-state index in [0.717, 1.165) is 11.1 Å². The summed E-state index contributed by atoms with van der Waals surface area (Å²) < 4.78 is 12.3. The van der Waals surface area contributed by atoms with Crippen molar-refractivity contribution in [1.82, 2.24) is 10.2 Å². The minimum Gasteiger partial charge on any atom is -0.493 e. The molecule has 2 amide bonds. The second-order valence-electron chi connectivity index (χ2n) is 10.2. The molecule has 3 N–H and O–H groups in total. The molecule has 0 saturated carbocycles. The van der Waals surface area contributed by atoms with Gasteiger partial charge >= 0.3 is 0 Å². The number of aliphatic hydroxyl groups is 2. The fourth-order valence-corrected chi connectivity index (χ4v) is 5.50. The van der Waals surface area contributed by atoms with E-state index in [2.05, 4.69) is 5.32 Å². The Balaban J connectivity index is 2.03. The lowest BCUT2D eigenvalue weighted by molar-refractivity contribution is -0.139. The first-order chi connectivity index (χ1) is 20.1. The quantitative estimate of drug-likeness (QED) is 0.203. The number of halogens is 1. The van der Waals surface area contributed by atoms with E-state index in [9.17, 15) is 29.4 Å². The second-order valence-corrected chi connectivity index (χ2v) is 11.4. The van der Waals surface area contributed by atoms with E-state index in [0.29, 0.717) is 21.8 Å². The molecule has 11 heteroatoms. The van der Waals surface area contributed by atoms with Crippen molar-refractivity contribution in [3.05, 3.63) is 68.3 Å². The van der Waals surface area contributed by atoms with Gasteiger partial charge in [-0.25, -0.2) is 0 Å². The van der Waals surface area contributed by atoms with Gasteiger partial charge in [0.2, 0.25) is 11.8 Å². The van der Waals surface area contributed by atoms with Crippen LogP contribution in [0.2, 0.25) is 0 Å². The fourth-order valence-electron chi connectivity index (χ4n) is 4.75. The van der Waals surface area contributed by atoms with Crippen LogP contribution in [0.25, 0.3) is 0 Å². The third-order valence-electron chi connectivity index (χ3n) is 6.97.